The molecule has 2 fully saturated rings. The van der Waals surface area contributed by atoms with Crippen LogP contribution in [-0.2, 0) is 57.5 Å². The monoisotopic (exact) mass is 873 g/mol. The second kappa shape index (κ2) is 24.0. The molecule has 0 radical (unpaired) electrons. The van der Waals surface area contributed by atoms with Crippen LogP contribution in [0.25, 0.3) is 0 Å². The highest BCUT2D eigenvalue weighted by Crippen LogP contribution is 2.23. The molecule has 340 valence electrons. The first-order chi connectivity index (χ1) is 28.5. The molecular formula is C35H52FN9O16. The second-order valence-corrected chi connectivity index (χ2v) is 14.5. The van der Waals surface area contributed by atoms with Crippen LogP contribution in [0.4, 0.5) is 4.39 Å². The summed E-state index contributed by atoms with van der Waals surface area (Å²) in [5.41, 5.74) is 5.47. The van der Waals surface area contributed by atoms with E-state index in [0.29, 0.717) is 4.90 Å². The maximum atomic E-state index is 14.9. The first-order valence-corrected chi connectivity index (χ1v) is 19.1. The van der Waals surface area contributed by atoms with Crippen molar-refractivity contribution in [2.45, 2.75) is 133 Å². The number of fused-ring (bicyclic) bond motifs is 1. The second-order valence-electron chi connectivity index (χ2n) is 14.5. The topological polar surface area (TPSA) is 399 Å². The van der Waals surface area contributed by atoms with Crippen molar-refractivity contribution in [1.82, 2.24) is 42.1 Å². The molecule has 25 nitrogen and oxygen atoms in total. The van der Waals surface area contributed by atoms with E-state index < -0.39 is 177 Å². The van der Waals surface area contributed by atoms with Crippen molar-refractivity contribution < 1.29 is 82.4 Å². The number of aliphatic carboxylic acids is 3. The summed E-state index contributed by atoms with van der Waals surface area (Å²) in [6.45, 7) is 0.400. The molecule has 0 aromatic heterocycles. The summed E-state index contributed by atoms with van der Waals surface area (Å²) in [6, 6.07) is -11.8. The van der Waals surface area contributed by atoms with E-state index in [9.17, 15) is 82.4 Å². The third-order valence-corrected chi connectivity index (χ3v) is 9.48. The summed E-state index contributed by atoms with van der Waals surface area (Å²) in [6.07, 6.45) is -8.25. The van der Waals surface area contributed by atoms with Crippen LogP contribution in [0.2, 0.25) is 0 Å². The molecule has 2 heterocycles. The van der Waals surface area contributed by atoms with Crippen LogP contribution >= 0.6 is 0 Å². The molecule has 0 spiro atoms. The summed E-state index contributed by atoms with van der Waals surface area (Å²) in [4.78, 5) is 153. The highest BCUT2D eigenvalue weighted by molar-refractivity contribution is 5.98. The van der Waals surface area contributed by atoms with E-state index in [1.165, 1.54) is 0 Å². The van der Waals surface area contributed by atoms with Crippen LogP contribution in [0.1, 0.15) is 78.1 Å². The Labute approximate surface area is 346 Å². The number of hydrogen-bond acceptors (Lipinski definition) is 13. The minimum atomic E-state index is -1.94. The molecule has 9 amide bonds. The standard InChI is InChI=1S/C35H52FN9O16/c1-15(46)28-34(60)38-13-24(48)40-20(7-9-25(49)50)31(57)41-18(29(37)55)5-3-4-6-19(39-16(2)47)30(56)43-22(12-27(53)54)35(61)45-14-17(36)11-23(45)33(59)42-21(32(58)44-28)8-10-26(51)52/h15,17-23,28,46H,3-14H2,1-2H3,(H2,37,55)(H,38,60)(H,39,47)(H,40,48)(H,41,57)(H,42,59)(H,43,56)(H,44,58)(H,49,50)(H,51,52)(H,53,54)/t15-,17+,18+,19+,20+,21+,22+,23+,28+/m1/s1. The van der Waals surface area contributed by atoms with Crippen LogP contribution < -0.4 is 43.0 Å². The fraction of sp³-hybridized carbons (Fsp3) is 0.657. The number of carbonyl (C=O) groups is 12. The molecule has 0 unspecified atom stereocenters. The number of nitrogens with one attached hydrogen (secondary N) is 7. The number of rotatable bonds is 11. The van der Waals surface area contributed by atoms with Gasteiger partial charge in [-0.2, -0.15) is 0 Å². The number of hydrogen-bond donors (Lipinski definition) is 12. The van der Waals surface area contributed by atoms with Crippen LogP contribution in [0.15, 0.2) is 0 Å². The average molecular weight is 874 g/mol. The van der Waals surface area contributed by atoms with E-state index in [1.54, 1.807) is 0 Å². The fourth-order valence-electron chi connectivity index (χ4n) is 6.42. The van der Waals surface area contributed by atoms with E-state index in [0.717, 1.165) is 13.8 Å². The number of carboxylic acid groups (broad SMARTS) is 3. The summed E-state index contributed by atoms with van der Waals surface area (Å²) in [5, 5.41) is 54.0. The minimum absolute atomic E-state index is 0.0242. The Bertz CT molecular complexity index is 1710. The Morgan fingerprint density at radius 3 is 1.87 bits per heavy atom. The number of amides is 9. The first-order valence-electron chi connectivity index (χ1n) is 19.1. The molecule has 0 aromatic carbocycles. The molecule has 9 atom stereocenters. The van der Waals surface area contributed by atoms with Crippen molar-refractivity contribution in [2.75, 3.05) is 13.1 Å². The number of nitrogens with zero attached hydrogens (tertiary/aromatic N) is 1. The lowest BCUT2D eigenvalue weighted by Crippen LogP contribution is -2.60. The van der Waals surface area contributed by atoms with Crippen molar-refractivity contribution in [3.8, 4) is 0 Å². The fourth-order valence-corrected chi connectivity index (χ4v) is 6.42. The number of carbonyl (C=O) groups excluding carboxylic acids is 9. The van der Waals surface area contributed by atoms with E-state index in [-0.39, 0.29) is 25.7 Å². The molecule has 0 bridgehead atoms. The van der Waals surface area contributed by atoms with Crippen LogP contribution in [0, 0.1) is 0 Å². The molecule has 2 saturated heterocycles. The Hall–Kier alpha value is -6.47. The lowest BCUT2D eigenvalue weighted by molar-refractivity contribution is -0.146. The minimum Gasteiger partial charge on any atom is -0.481 e. The van der Waals surface area contributed by atoms with Gasteiger partial charge in [-0.25, -0.2) is 4.39 Å². The molecule has 0 saturated carbocycles. The first kappa shape index (κ1) is 50.7. The normalized spacial score (nSPS) is 27.4. The Morgan fingerprint density at radius 2 is 1.33 bits per heavy atom. The van der Waals surface area contributed by atoms with E-state index in [1.807, 2.05) is 0 Å². The van der Waals surface area contributed by atoms with Gasteiger partial charge in [0.05, 0.1) is 25.6 Å². The maximum Gasteiger partial charge on any atom is 0.305 e. The van der Waals surface area contributed by atoms with Crippen LogP contribution in [0.5, 0.6) is 0 Å². The van der Waals surface area contributed by atoms with Gasteiger partial charge in [-0.15, -0.1) is 0 Å². The molecule has 26 heteroatoms. The zero-order valence-corrected chi connectivity index (χ0v) is 33.3. The third kappa shape index (κ3) is 17.0. The third-order valence-electron chi connectivity index (χ3n) is 9.48. The van der Waals surface area contributed by atoms with Crippen molar-refractivity contribution in [3.63, 3.8) is 0 Å². The average Bonchev–Trinajstić information content (AvgIpc) is 3.56. The quantitative estimate of drug-likeness (QED) is 0.0922. The molecule has 13 N–H and O–H groups in total. The number of carboxylic acids is 3. The van der Waals surface area contributed by atoms with Crippen molar-refractivity contribution in [3.05, 3.63) is 0 Å². The lowest BCUT2D eigenvalue weighted by Gasteiger charge is -2.30. The smallest absolute Gasteiger partial charge is 0.305 e. The van der Waals surface area contributed by atoms with Gasteiger partial charge < -0.3 is 68.3 Å². The molecule has 2 rings (SSSR count). The zero-order valence-electron chi connectivity index (χ0n) is 33.3. The van der Waals surface area contributed by atoms with Gasteiger partial charge in [0.25, 0.3) is 0 Å². The van der Waals surface area contributed by atoms with Crippen molar-refractivity contribution in [2.24, 2.45) is 5.73 Å². The van der Waals surface area contributed by atoms with Gasteiger partial charge in [0.1, 0.15) is 48.5 Å². The van der Waals surface area contributed by atoms with Gasteiger partial charge in [-0.3, -0.25) is 57.5 Å². The lowest BCUT2D eigenvalue weighted by atomic mass is 10.0. The molecule has 2 aliphatic rings. The number of aliphatic hydroxyl groups excluding tert-OH is 1. The number of nitrogens with two attached hydrogens (primary N) is 1. The predicted octanol–water partition coefficient (Wildman–Crippen LogP) is -5.39. The van der Waals surface area contributed by atoms with Gasteiger partial charge >= 0.3 is 17.9 Å². The molecular weight excluding hydrogens is 821 g/mol. The SMILES string of the molecule is CC(=O)N[C@H]1CCCC[C@@H](C(N)=O)NC(=O)[C@H](CCC(=O)O)NC(=O)CNC(=O)[C@H]([C@@H](C)O)NC(=O)[C@H](CCC(=O)O)NC(=O)[C@@H]2C[C@H](F)CN2C(=O)[C@H](CC(=O)O)NC1=O. The zero-order chi connectivity index (χ0) is 46.1. The van der Waals surface area contributed by atoms with Crippen LogP contribution in [-0.4, -0.2) is 164 Å². The molecule has 0 aromatic rings. The molecule has 61 heavy (non-hydrogen) atoms. The Balaban J connectivity index is 2.60. The largest absolute Gasteiger partial charge is 0.481 e. The van der Waals surface area contributed by atoms with Gasteiger partial charge in [0.15, 0.2) is 0 Å². The predicted molar refractivity (Wildman–Crippen MR) is 201 cm³/mol. The number of aliphatic hydroxyl groups is 1. The Kier molecular flexibility index (Phi) is 19.9. The summed E-state index contributed by atoms with van der Waals surface area (Å²) < 4.78 is 14.9. The number of halogens is 1. The number of alkyl halides is 1. The van der Waals surface area contributed by atoms with Gasteiger partial charge in [0, 0.05) is 26.2 Å². The summed E-state index contributed by atoms with van der Waals surface area (Å²) in [7, 11) is 0. The Morgan fingerprint density at radius 1 is 0.770 bits per heavy atom. The van der Waals surface area contributed by atoms with E-state index in [2.05, 4.69) is 37.2 Å². The van der Waals surface area contributed by atoms with Gasteiger partial charge in [-0.05, 0) is 32.6 Å². The van der Waals surface area contributed by atoms with E-state index in [4.69, 9.17) is 5.73 Å². The van der Waals surface area contributed by atoms with Gasteiger partial charge in [-0.1, -0.05) is 12.8 Å². The van der Waals surface area contributed by atoms with E-state index >= 15 is 0 Å². The molecule has 2 aliphatic heterocycles. The highest BCUT2D eigenvalue weighted by Gasteiger charge is 2.44. The van der Waals surface area contributed by atoms with Crippen LogP contribution in [0.3, 0.4) is 0 Å². The van der Waals surface area contributed by atoms with Gasteiger partial charge in [0.2, 0.25) is 53.2 Å². The maximum absolute atomic E-state index is 14.9. The highest BCUT2D eigenvalue weighted by atomic mass is 19.1. The molecule has 0 aliphatic carbocycles. The summed E-state index contributed by atoms with van der Waals surface area (Å²) >= 11 is 0. The van der Waals surface area contributed by atoms with Crippen molar-refractivity contribution >= 4 is 71.1 Å². The number of primary amides is 1. The summed E-state index contributed by atoms with van der Waals surface area (Å²) in [5.74, 6) is -14.3. The van der Waals surface area contributed by atoms with Crippen molar-refractivity contribution in [1.29, 1.82) is 0 Å².